The molecule has 0 unspecified atom stereocenters. The third-order valence-corrected chi connectivity index (χ3v) is 4.89. The van der Waals surface area contributed by atoms with Crippen LogP contribution >= 0.6 is 0 Å². The van der Waals surface area contributed by atoms with Crippen LogP contribution in [0.1, 0.15) is 27.4 Å². The van der Waals surface area contributed by atoms with E-state index in [1.807, 2.05) is 60.7 Å². The zero-order chi connectivity index (χ0) is 21.5. The predicted molar refractivity (Wildman–Crippen MR) is 115 cm³/mol. The molecule has 3 rings (SSSR count). The van der Waals surface area contributed by atoms with Crippen molar-refractivity contribution < 1.29 is 19.1 Å². The third-order valence-electron chi connectivity index (χ3n) is 4.89. The molecular weight excluding hydrogens is 380 g/mol. The molecule has 6 nitrogen and oxygen atoms in total. The number of nitrogens with one attached hydrogen (secondary N) is 1. The van der Waals surface area contributed by atoms with Crippen molar-refractivity contribution in [1.29, 1.82) is 0 Å². The molecule has 154 valence electrons. The van der Waals surface area contributed by atoms with E-state index in [1.54, 1.807) is 18.2 Å². The normalized spacial score (nSPS) is 11.6. The molecule has 0 aromatic heterocycles. The largest absolute Gasteiger partial charge is 0.493 e. The number of methoxy groups -OCH3 is 2. The second kappa shape index (κ2) is 9.60. The maximum absolute atomic E-state index is 13.0. The van der Waals surface area contributed by atoms with Crippen LogP contribution in [0, 0.1) is 0 Å². The van der Waals surface area contributed by atoms with Crippen molar-refractivity contribution >= 4 is 11.8 Å². The van der Waals surface area contributed by atoms with Crippen LogP contribution in [0.15, 0.2) is 78.9 Å². The fourth-order valence-corrected chi connectivity index (χ4v) is 3.42. The van der Waals surface area contributed by atoms with Gasteiger partial charge in [0.1, 0.15) is 6.04 Å². The first-order valence-electron chi connectivity index (χ1n) is 9.47. The topological polar surface area (TPSA) is 90.6 Å². The molecule has 0 spiro atoms. The number of hydrogen-bond acceptors (Lipinski definition) is 4. The summed E-state index contributed by atoms with van der Waals surface area (Å²) in [7, 11) is 3.01. The Hall–Kier alpha value is -3.80. The summed E-state index contributed by atoms with van der Waals surface area (Å²) in [5.74, 6) is -0.567. The number of hydrogen-bond donors (Lipinski definition) is 2. The molecule has 3 aromatic carbocycles. The molecule has 0 heterocycles. The van der Waals surface area contributed by atoms with Crippen LogP contribution in [0.5, 0.6) is 11.5 Å². The van der Waals surface area contributed by atoms with E-state index in [0.717, 1.165) is 11.1 Å². The zero-order valence-corrected chi connectivity index (χ0v) is 16.9. The van der Waals surface area contributed by atoms with Crippen LogP contribution in [0.4, 0.5) is 0 Å². The average molecular weight is 404 g/mol. The highest BCUT2D eigenvalue weighted by molar-refractivity contribution is 5.98. The molecular formula is C24H24N2O4. The van der Waals surface area contributed by atoms with Gasteiger partial charge in [-0.1, -0.05) is 60.7 Å². The maximum atomic E-state index is 13.0. The van der Waals surface area contributed by atoms with Gasteiger partial charge in [-0.05, 0) is 29.3 Å². The summed E-state index contributed by atoms with van der Waals surface area (Å²) in [4.78, 5) is 25.4. The summed E-state index contributed by atoms with van der Waals surface area (Å²) in [6, 6.07) is 22.9. The van der Waals surface area contributed by atoms with Crippen LogP contribution in [0.25, 0.3) is 0 Å². The quantitative estimate of drug-likeness (QED) is 0.604. The van der Waals surface area contributed by atoms with Crippen molar-refractivity contribution in [3.8, 4) is 11.5 Å². The number of carbonyl (C=O) groups is 2. The van der Waals surface area contributed by atoms with E-state index in [4.69, 9.17) is 15.2 Å². The minimum Gasteiger partial charge on any atom is -0.493 e. The van der Waals surface area contributed by atoms with Crippen molar-refractivity contribution in [1.82, 2.24) is 5.32 Å². The first-order chi connectivity index (χ1) is 14.5. The summed E-state index contributed by atoms with van der Waals surface area (Å²) >= 11 is 0. The molecule has 0 aliphatic carbocycles. The molecule has 3 aromatic rings. The van der Waals surface area contributed by atoms with Gasteiger partial charge in [0.2, 0.25) is 5.91 Å². The average Bonchev–Trinajstić information content (AvgIpc) is 2.79. The molecule has 6 heteroatoms. The lowest BCUT2D eigenvalue weighted by molar-refractivity contribution is -0.120. The lowest BCUT2D eigenvalue weighted by Gasteiger charge is -2.27. The van der Waals surface area contributed by atoms with Crippen molar-refractivity contribution in [3.05, 3.63) is 95.6 Å². The Morgan fingerprint density at radius 2 is 1.33 bits per heavy atom. The van der Waals surface area contributed by atoms with Gasteiger partial charge in [0, 0.05) is 11.5 Å². The number of nitrogens with two attached hydrogens (primary N) is 1. The summed E-state index contributed by atoms with van der Waals surface area (Å²) < 4.78 is 10.5. The number of ether oxygens (including phenoxy) is 2. The minimum atomic E-state index is -0.949. The van der Waals surface area contributed by atoms with Crippen molar-refractivity contribution in [2.75, 3.05) is 14.2 Å². The lowest BCUT2D eigenvalue weighted by atomic mass is 9.84. The SMILES string of the molecule is COc1ccc(C(=O)N[C@H](C(N)=O)C(c2ccccc2)c2ccccc2)cc1OC. The Labute approximate surface area is 175 Å². The van der Waals surface area contributed by atoms with Crippen molar-refractivity contribution in [3.63, 3.8) is 0 Å². The molecule has 0 aliphatic heterocycles. The second-order valence-electron chi connectivity index (χ2n) is 6.72. The Bertz CT molecular complexity index is 967. The standard InChI is InChI=1S/C24H24N2O4/c1-29-19-14-13-18(15-20(19)30-2)24(28)26-22(23(25)27)21(16-9-5-3-6-10-16)17-11-7-4-8-12-17/h3-15,21-22H,1-2H3,(H2,25,27)(H,26,28)/t22-/m0/s1. The second-order valence-corrected chi connectivity index (χ2v) is 6.72. The van der Waals surface area contributed by atoms with E-state index in [-0.39, 0.29) is 0 Å². The Morgan fingerprint density at radius 3 is 1.80 bits per heavy atom. The molecule has 30 heavy (non-hydrogen) atoms. The van der Waals surface area contributed by atoms with Gasteiger partial charge in [-0.15, -0.1) is 0 Å². The number of carbonyl (C=O) groups excluding carboxylic acids is 2. The molecule has 3 N–H and O–H groups in total. The Morgan fingerprint density at radius 1 is 0.800 bits per heavy atom. The minimum absolute atomic E-state index is 0.332. The van der Waals surface area contributed by atoms with Gasteiger partial charge in [0.25, 0.3) is 5.91 Å². The van der Waals surface area contributed by atoms with E-state index in [9.17, 15) is 9.59 Å². The number of amides is 2. The number of primary amides is 1. The monoisotopic (exact) mass is 404 g/mol. The van der Waals surface area contributed by atoms with Gasteiger partial charge < -0.3 is 20.5 Å². The van der Waals surface area contributed by atoms with Crippen LogP contribution in [0.3, 0.4) is 0 Å². The van der Waals surface area contributed by atoms with Gasteiger partial charge in [-0.25, -0.2) is 0 Å². The highest BCUT2D eigenvalue weighted by atomic mass is 16.5. The van der Waals surface area contributed by atoms with Crippen LogP contribution in [-0.4, -0.2) is 32.1 Å². The van der Waals surface area contributed by atoms with Crippen molar-refractivity contribution in [2.45, 2.75) is 12.0 Å². The van der Waals surface area contributed by atoms with E-state index >= 15 is 0 Å². The lowest BCUT2D eigenvalue weighted by Crippen LogP contribution is -2.48. The zero-order valence-electron chi connectivity index (χ0n) is 16.9. The summed E-state index contributed by atoms with van der Waals surface area (Å²) in [6.07, 6.45) is 0. The Balaban J connectivity index is 1.97. The molecule has 2 amide bonds. The molecule has 0 radical (unpaired) electrons. The molecule has 0 saturated heterocycles. The van der Waals surface area contributed by atoms with E-state index < -0.39 is 23.8 Å². The predicted octanol–water partition coefficient (Wildman–Crippen LogP) is 3.12. The van der Waals surface area contributed by atoms with Crippen molar-refractivity contribution in [2.24, 2.45) is 5.73 Å². The van der Waals surface area contributed by atoms with E-state index in [2.05, 4.69) is 5.32 Å². The molecule has 0 saturated carbocycles. The summed E-state index contributed by atoms with van der Waals surface area (Å²) in [5.41, 5.74) is 7.82. The molecule has 1 atom stereocenters. The van der Waals surface area contributed by atoms with Gasteiger partial charge in [0.05, 0.1) is 14.2 Å². The van der Waals surface area contributed by atoms with E-state index in [1.165, 1.54) is 14.2 Å². The van der Waals surface area contributed by atoms with Gasteiger partial charge in [0.15, 0.2) is 11.5 Å². The smallest absolute Gasteiger partial charge is 0.252 e. The van der Waals surface area contributed by atoms with Crippen LogP contribution in [-0.2, 0) is 4.79 Å². The summed E-state index contributed by atoms with van der Waals surface area (Å²) in [5, 5.41) is 2.81. The number of benzene rings is 3. The first-order valence-corrected chi connectivity index (χ1v) is 9.47. The number of rotatable bonds is 8. The van der Waals surface area contributed by atoms with Gasteiger partial charge >= 0.3 is 0 Å². The van der Waals surface area contributed by atoms with Crippen LogP contribution < -0.4 is 20.5 Å². The third kappa shape index (κ3) is 4.60. The Kier molecular flexibility index (Phi) is 6.70. The van der Waals surface area contributed by atoms with E-state index in [0.29, 0.717) is 17.1 Å². The highest BCUT2D eigenvalue weighted by Crippen LogP contribution is 2.30. The fraction of sp³-hybridized carbons (Fsp3) is 0.167. The highest BCUT2D eigenvalue weighted by Gasteiger charge is 2.31. The molecule has 0 bridgehead atoms. The van der Waals surface area contributed by atoms with Gasteiger partial charge in [-0.3, -0.25) is 9.59 Å². The first kappa shape index (κ1) is 20.9. The van der Waals surface area contributed by atoms with Gasteiger partial charge in [-0.2, -0.15) is 0 Å². The summed E-state index contributed by atoms with van der Waals surface area (Å²) in [6.45, 7) is 0. The fourth-order valence-electron chi connectivity index (χ4n) is 3.42. The molecule has 0 fully saturated rings. The maximum Gasteiger partial charge on any atom is 0.252 e. The molecule has 0 aliphatic rings. The van der Waals surface area contributed by atoms with Crippen LogP contribution in [0.2, 0.25) is 0 Å².